The van der Waals surface area contributed by atoms with Crippen molar-refractivity contribution in [3.05, 3.63) is 438 Å². The fourth-order valence-electron chi connectivity index (χ4n) is 25.0. The van der Waals surface area contributed by atoms with Crippen LogP contribution >= 0.6 is 28.7 Å². The number of aromatic nitrogens is 3. The standard InChI is InChI=1S/C45H31N.C39H26BrN.C39H27N.B15.BHNS/c1-45(2)41-19-11-10-18-36(41)38-26-40-39-24-29(28-12-4-3-5-13-28)20-23-43(39)46(44(40)27-42(38)45)30-21-22-35-33-16-7-6-14-31(33)32-15-8-9-17-34(32)37(35)25-30;1-39(2)35-14-8-7-13-30(35)32-21-34-33-19-23(40)15-18-37(33)41(38(34)22-36(32)39)24-16-17-29-27-11-4-3-9-25(27)26-10-5-6-12-28(26)31(29)20-24;1-39(2)35-17-9-7-15-30(35)33-22-34-31-16-8-10-18-37(31)40(38(34)23-36(33)39)24-19-20-29-27-13-4-3-11-25(27)26-12-5-6-14-28(26)32(29)21-24;1-9-13(8)15(12(6)7)14(10(2)3)11(4)5;1-2-3/h3-27H,1-2H3;3-22H,1-2H3;3-23H,1-2H3;;3H. The van der Waals surface area contributed by atoms with Crippen molar-refractivity contribution < 1.29 is 0 Å². The van der Waals surface area contributed by atoms with Crippen LogP contribution in [-0.2, 0) is 16.2 Å². The third-order valence-electron chi connectivity index (χ3n) is 31.8. The van der Waals surface area contributed by atoms with E-state index >= 15 is 0 Å². The molecule has 0 saturated carbocycles. The number of para-hydroxylation sites is 1. The third-order valence-corrected chi connectivity index (χ3v) is 32.3. The summed E-state index contributed by atoms with van der Waals surface area (Å²) in [7, 11) is 50.1. The molecule has 0 N–H and O–H groups in total. The molecule has 25 aromatic rings. The van der Waals surface area contributed by atoms with Gasteiger partial charge < -0.3 is 13.7 Å². The van der Waals surface area contributed by atoms with Crippen molar-refractivity contribution in [2.45, 2.75) is 57.8 Å². The second-order valence-corrected chi connectivity index (χ2v) is 41.9. The molecular formula is C123H85B16BrN4S. The quantitative estimate of drug-likeness (QED) is 0.0803. The molecule has 0 saturated heterocycles. The zero-order valence-corrected chi connectivity index (χ0v) is 83.9. The Kier molecular flexibility index (Phi) is 23.7. The van der Waals surface area contributed by atoms with Crippen LogP contribution in [0.15, 0.2) is 409 Å². The summed E-state index contributed by atoms with van der Waals surface area (Å²) >= 11 is 6.95. The minimum absolute atomic E-state index is 0.0418. The van der Waals surface area contributed by atoms with E-state index in [4.69, 9.17) is 61.9 Å². The molecule has 0 aliphatic heterocycles. The maximum Gasteiger partial charge on any atom is 0 e. The minimum atomic E-state index is -0.754. The Balaban J connectivity index is 0.000000108. The van der Waals surface area contributed by atoms with Gasteiger partial charge in [-0.25, -0.2) is 0 Å². The number of benzene rings is 22. The molecule has 658 valence electrons. The van der Waals surface area contributed by atoms with E-state index in [-0.39, 0.29) is 16.2 Å². The van der Waals surface area contributed by atoms with E-state index in [1.807, 2.05) is 0 Å². The average Bonchev–Trinajstić information content (AvgIpc) is 1.26. The molecule has 0 atom stereocenters. The number of nitrogens with zero attached hydrogens (tertiary/aromatic N) is 4. The number of fused-ring (bicyclic) bond motifs is 36. The monoisotopic (exact) mass is 1900 g/mol. The van der Waals surface area contributed by atoms with Crippen molar-refractivity contribution >= 4 is 306 Å². The van der Waals surface area contributed by atoms with Gasteiger partial charge in [0.1, 0.15) is 0 Å². The molecule has 22 heteroatoms. The van der Waals surface area contributed by atoms with Crippen LogP contribution < -0.4 is 0 Å². The van der Waals surface area contributed by atoms with E-state index in [1.54, 1.807) is 0 Å². The van der Waals surface area contributed by atoms with Gasteiger partial charge in [0, 0.05) is 177 Å². The Labute approximate surface area is 874 Å². The van der Waals surface area contributed by atoms with Crippen LogP contribution in [0.4, 0.5) is 0 Å². The maximum atomic E-state index is 5.73. The van der Waals surface area contributed by atoms with Gasteiger partial charge >= 0.3 is 24.8 Å². The van der Waals surface area contributed by atoms with Crippen molar-refractivity contribution in [3.63, 3.8) is 0 Å². The first-order valence-corrected chi connectivity index (χ1v) is 50.9. The van der Waals surface area contributed by atoms with E-state index in [0.29, 0.717) is 0 Å². The molecule has 0 unspecified atom stereocenters. The zero-order valence-electron chi connectivity index (χ0n) is 81.5. The molecule has 145 heavy (non-hydrogen) atoms. The fraction of sp³-hybridized carbons (Fsp3) is 0.0732. The van der Waals surface area contributed by atoms with Crippen molar-refractivity contribution in [2.75, 3.05) is 0 Å². The van der Waals surface area contributed by atoms with Crippen LogP contribution in [0.2, 0.25) is 0 Å². The topological polar surface area (TPSA) is 27.1 Å². The van der Waals surface area contributed by atoms with Crippen LogP contribution in [0, 0.1) is 0 Å². The molecule has 18 radical (unpaired) electrons. The molecule has 3 aliphatic rings. The van der Waals surface area contributed by atoms with Gasteiger partial charge in [-0.15, -0.1) is 0 Å². The summed E-state index contributed by atoms with van der Waals surface area (Å²) in [6, 6.07) is 149. The fourth-order valence-corrected chi connectivity index (χ4v) is 25.3. The number of halogens is 1. The number of thiol groups is 1. The Morgan fingerprint density at radius 1 is 0.234 bits per heavy atom. The first kappa shape index (κ1) is 93.6. The Hall–Kier alpha value is -13.8. The summed E-state index contributed by atoms with van der Waals surface area (Å²) in [6.07, 6.45) is -3.77. The van der Waals surface area contributed by atoms with Crippen LogP contribution in [-0.4, -0.2) is 129 Å². The Morgan fingerprint density at radius 3 is 0.828 bits per heavy atom. The summed E-state index contributed by atoms with van der Waals surface area (Å²) < 4.78 is 11.2. The molecule has 22 aromatic carbocycles. The van der Waals surface area contributed by atoms with Crippen molar-refractivity contribution in [1.29, 1.82) is 0 Å². The van der Waals surface area contributed by atoms with E-state index in [0.717, 1.165) is 4.47 Å². The molecule has 0 fully saturated rings. The molecule has 3 aromatic heterocycles. The summed E-state index contributed by atoms with van der Waals surface area (Å²) in [5.74, 6) is 0. The molecule has 0 bridgehead atoms. The van der Waals surface area contributed by atoms with Crippen LogP contribution in [0.25, 0.3) is 224 Å². The second kappa shape index (κ2) is 36.8. The maximum absolute atomic E-state index is 5.73. The molecular weight excluding hydrogens is 1820 g/mol. The van der Waals surface area contributed by atoms with Gasteiger partial charge in [-0.05, 0) is 284 Å². The SMILES string of the molecule is CC1(C)c2ccccc2-c2cc3c4cc(-c5ccccc5)ccc4n(-c4ccc5c6ccccc6c6ccccc6c5c4)c3cc21.CC1(C)c2ccccc2-c2cc3c4cc(Br)ccc4n(-c4ccc5c6ccccc6c6ccccc6c5c4)c3cc21.CC1(C)c2ccccc2-c2cc3c4ccccc4n(-c4ccc5c6ccccc6c6ccccc6c5c4)c3cc21.[B]=NS.[B][B]B([B])B(B([B])[B])B(B([B])[B])B([B])[B]. The van der Waals surface area contributed by atoms with Crippen molar-refractivity contribution in [2.24, 2.45) is 4.30 Å². The van der Waals surface area contributed by atoms with Gasteiger partial charge in [0.05, 0.1) is 33.1 Å². The summed E-state index contributed by atoms with van der Waals surface area (Å²) in [5, 5.41) is 31.1. The smallest absolute Gasteiger partial charge is 0 e. The molecule has 28 rings (SSSR count). The molecule has 0 amide bonds. The van der Waals surface area contributed by atoms with Gasteiger partial charge in [0.2, 0.25) is 0 Å². The Bertz CT molecular complexity index is 9560. The van der Waals surface area contributed by atoms with E-state index in [9.17, 15) is 0 Å². The minimum Gasteiger partial charge on any atom is 0 e. The first-order chi connectivity index (χ1) is 70.4. The third kappa shape index (κ3) is 15.2. The van der Waals surface area contributed by atoms with Crippen molar-refractivity contribution in [1.82, 2.24) is 13.7 Å². The van der Waals surface area contributed by atoms with E-state index in [2.05, 4.69) is 496 Å². The van der Waals surface area contributed by atoms with Gasteiger partial charge in [-0.3, -0.25) is 0 Å². The van der Waals surface area contributed by atoms with Crippen molar-refractivity contribution in [3.8, 4) is 61.6 Å². The van der Waals surface area contributed by atoms with Gasteiger partial charge in [0.25, 0.3) is 0 Å². The van der Waals surface area contributed by atoms with Gasteiger partial charge in [-0.2, -0.15) is 0 Å². The number of hydrogen-bond donors (Lipinski definition) is 1. The molecule has 3 heterocycles. The van der Waals surface area contributed by atoms with Crippen LogP contribution in [0.3, 0.4) is 0 Å². The van der Waals surface area contributed by atoms with Crippen LogP contribution in [0.1, 0.15) is 74.9 Å². The predicted molar refractivity (Wildman–Crippen MR) is 649 cm³/mol. The summed E-state index contributed by atoms with van der Waals surface area (Å²) in [6.45, 7) is 14.2. The predicted octanol–water partition coefficient (Wildman–Crippen LogP) is 28.5. The van der Waals surface area contributed by atoms with E-state index in [1.165, 1.54) is 264 Å². The summed E-state index contributed by atoms with van der Waals surface area (Å²) in [5.41, 5.74) is 29.9. The second-order valence-electron chi connectivity index (χ2n) is 40.8. The largest absolute Gasteiger partial charge is 0 e. The first-order valence-electron chi connectivity index (χ1n) is 49.7. The van der Waals surface area contributed by atoms with E-state index < -0.39 is 38.3 Å². The molecule has 0 spiro atoms. The molecule has 3 aliphatic carbocycles. The normalized spacial score (nSPS) is 13.1. The zero-order chi connectivity index (χ0) is 99.5. The van der Waals surface area contributed by atoms with Gasteiger partial charge in [0.15, 0.2) is 0 Å². The van der Waals surface area contributed by atoms with Crippen LogP contribution in [0.5, 0.6) is 0 Å². The average molecular weight is 1900 g/mol. The summed E-state index contributed by atoms with van der Waals surface area (Å²) in [4.78, 5) is 0. The molecule has 4 nitrogen and oxygen atoms in total. The Morgan fingerprint density at radius 2 is 0.497 bits per heavy atom. The number of rotatable bonds is 10. The number of hydrogen-bond acceptors (Lipinski definition) is 2. The van der Waals surface area contributed by atoms with Gasteiger partial charge in [-0.1, -0.05) is 349 Å².